The van der Waals surface area contributed by atoms with Crippen LogP contribution in [0.5, 0.6) is 5.75 Å². The molecule has 6 heteroatoms. The highest BCUT2D eigenvalue weighted by atomic mass is 79.9. The van der Waals surface area contributed by atoms with Gasteiger partial charge in [-0.1, -0.05) is 18.5 Å². The van der Waals surface area contributed by atoms with E-state index in [0.29, 0.717) is 23.1 Å². The minimum absolute atomic E-state index is 0.395. The molecule has 0 amide bonds. The molecule has 0 unspecified atom stereocenters. The molecule has 2 rings (SSSR count). The average molecular weight is 359 g/mol. The van der Waals surface area contributed by atoms with Crippen LogP contribution in [0, 0.1) is 0 Å². The third kappa shape index (κ3) is 3.10. The van der Waals surface area contributed by atoms with E-state index >= 15 is 0 Å². The number of nitrogens with zero attached hydrogens (tertiary/aromatic N) is 2. The van der Waals surface area contributed by atoms with Crippen molar-refractivity contribution in [1.29, 1.82) is 0 Å². The largest absolute Gasteiger partial charge is 0.485 e. The second kappa shape index (κ2) is 6.50. The topological polar surface area (TPSA) is 53.1 Å². The van der Waals surface area contributed by atoms with Crippen LogP contribution in [0.2, 0.25) is 5.02 Å². The maximum Gasteiger partial charge on any atom is 0.144 e. The van der Waals surface area contributed by atoms with Crippen molar-refractivity contribution in [1.82, 2.24) is 9.78 Å². The van der Waals surface area contributed by atoms with Crippen LogP contribution in [0.25, 0.3) is 0 Å². The number of benzene rings is 1. The van der Waals surface area contributed by atoms with Crippen molar-refractivity contribution in [2.75, 3.05) is 5.73 Å². The van der Waals surface area contributed by atoms with E-state index in [1.54, 1.807) is 18.2 Å². The number of hydrogen-bond acceptors (Lipinski definition) is 3. The van der Waals surface area contributed by atoms with Crippen LogP contribution in [-0.2, 0) is 19.6 Å². The van der Waals surface area contributed by atoms with Crippen LogP contribution in [-0.4, -0.2) is 9.78 Å². The molecule has 0 bridgehead atoms. The molecule has 1 heterocycles. The molecule has 0 aliphatic rings. The van der Waals surface area contributed by atoms with Crippen LogP contribution in [0.4, 0.5) is 5.69 Å². The molecule has 4 nitrogen and oxygen atoms in total. The van der Waals surface area contributed by atoms with E-state index in [1.165, 1.54) is 0 Å². The van der Waals surface area contributed by atoms with Crippen LogP contribution in [0.1, 0.15) is 25.2 Å². The Kier molecular flexibility index (Phi) is 4.94. The molecule has 0 aliphatic heterocycles. The molecule has 1 aromatic heterocycles. The summed E-state index contributed by atoms with van der Waals surface area (Å²) in [6.45, 7) is 5.32. The highest BCUT2D eigenvalue weighted by Crippen LogP contribution is 2.28. The first-order valence-electron chi connectivity index (χ1n) is 6.48. The predicted octanol–water partition coefficient (Wildman–Crippen LogP) is 4.04. The number of nitrogens with two attached hydrogens (primary N) is 1. The number of aromatic nitrogens is 2. The molecular weight excluding hydrogens is 342 g/mol. The summed E-state index contributed by atoms with van der Waals surface area (Å²) in [5.41, 5.74) is 8.48. The molecule has 0 saturated heterocycles. The SMILES string of the molecule is CCc1nn(CC)c(COc2cc(Cl)ccc2N)c1Br. The van der Waals surface area contributed by atoms with Crippen molar-refractivity contribution in [3.05, 3.63) is 39.1 Å². The van der Waals surface area contributed by atoms with E-state index in [9.17, 15) is 0 Å². The van der Waals surface area contributed by atoms with E-state index in [1.807, 2.05) is 4.68 Å². The highest BCUT2D eigenvalue weighted by Gasteiger charge is 2.14. The Morgan fingerprint density at radius 2 is 2.15 bits per heavy atom. The Balaban J connectivity index is 2.22. The Hall–Kier alpha value is -1.20. The summed E-state index contributed by atoms with van der Waals surface area (Å²) in [7, 11) is 0. The first-order valence-corrected chi connectivity index (χ1v) is 7.65. The molecule has 0 atom stereocenters. The molecule has 2 N–H and O–H groups in total. The van der Waals surface area contributed by atoms with E-state index in [4.69, 9.17) is 22.1 Å². The predicted molar refractivity (Wildman–Crippen MR) is 85.2 cm³/mol. The van der Waals surface area contributed by atoms with Gasteiger partial charge in [0.1, 0.15) is 12.4 Å². The molecule has 0 saturated carbocycles. The first-order chi connectivity index (χ1) is 9.56. The van der Waals surface area contributed by atoms with Crippen molar-refractivity contribution in [2.24, 2.45) is 0 Å². The number of rotatable bonds is 5. The normalized spacial score (nSPS) is 10.8. The number of hydrogen-bond donors (Lipinski definition) is 1. The zero-order valence-corrected chi connectivity index (χ0v) is 13.8. The second-order valence-electron chi connectivity index (χ2n) is 4.35. The van der Waals surface area contributed by atoms with Crippen molar-refractivity contribution in [3.8, 4) is 5.75 Å². The average Bonchev–Trinajstić information content (AvgIpc) is 2.75. The fourth-order valence-electron chi connectivity index (χ4n) is 1.93. The molecule has 0 radical (unpaired) electrons. The zero-order valence-electron chi connectivity index (χ0n) is 11.5. The molecule has 108 valence electrons. The van der Waals surface area contributed by atoms with Gasteiger partial charge in [0.05, 0.1) is 21.5 Å². The first kappa shape index (κ1) is 15.2. The van der Waals surface area contributed by atoms with Crippen LogP contribution >= 0.6 is 27.5 Å². The van der Waals surface area contributed by atoms with E-state index < -0.39 is 0 Å². The number of ether oxygens (including phenoxy) is 1. The smallest absolute Gasteiger partial charge is 0.144 e. The summed E-state index contributed by atoms with van der Waals surface area (Å²) in [6.07, 6.45) is 0.875. The quantitative estimate of drug-likeness (QED) is 0.821. The molecule has 0 aliphatic carbocycles. The lowest BCUT2D eigenvalue weighted by molar-refractivity contribution is 0.293. The molecule has 2 aromatic rings. The summed E-state index contributed by atoms with van der Waals surface area (Å²) in [6, 6.07) is 5.20. The van der Waals surface area contributed by atoms with Gasteiger partial charge in [-0.25, -0.2) is 0 Å². The zero-order chi connectivity index (χ0) is 14.7. The van der Waals surface area contributed by atoms with Crippen LogP contribution in [0.15, 0.2) is 22.7 Å². The fraction of sp³-hybridized carbons (Fsp3) is 0.357. The maximum absolute atomic E-state index is 5.95. The third-order valence-corrected chi connectivity index (χ3v) is 4.18. The lowest BCUT2D eigenvalue weighted by atomic mass is 10.3. The number of anilines is 1. The van der Waals surface area contributed by atoms with E-state index in [-0.39, 0.29) is 0 Å². The maximum atomic E-state index is 5.95. The van der Waals surface area contributed by atoms with Gasteiger partial charge in [0, 0.05) is 17.6 Å². The molecular formula is C14H17BrClN3O. The summed E-state index contributed by atoms with van der Waals surface area (Å²) in [5, 5.41) is 5.13. The van der Waals surface area contributed by atoms with Crippen LogP contribution in [0.3, 0.4) is 0 Å². The highest BCUT2D eigenvalue weighted by molar-refractivity contribution is 9.10. The molecule has 20 heavy (non-hydrogen) atoms. The Bertz CT molecular complexity index is 613. The van der Waals surface area contributed by atoms with E-state index in [0.717, 1.165) is 28.8 Å². The monoisotopic (exact) mass is 357 g/mol. The van der Waals surface area contributed by atoms with Crippen molar-refractivity contribution < 1.29 is 4.74 Å². The van der Waals surface area contributed by atoms with Gasteiger partial charge in [-0.15, -0.1) is 0 Å². The molecule has 0 fully saturated rings. The number of halogens is 2. The minimum atomic E-state index is 0.395. The van der Waals surface area contributed by atoms with Gasteiger partial charge in [-0.2, -0.15) is 5.10 Å². The van der Waals surface area contributed by atoms with Gasteiger partial charge >= 0.3 is 0 Å². The van der Waals surface area contributed by atoms with Gasteiger partial charge in [0.2, 0.25) is 0 Å². The number of nitrogen functional groups attached to an aromatic ring is 1. The second-order valence-corrected chi connectivity index (χ2v) is 5.58. The van der Waals surface area contributed by atoms with Crippen molar-refractivity contribution in [3.63, 3.8) is 0 Å². The van der Waals surface area contributed by atoms with Crippen LogP contribution < -0.4 is 10.5 Å². The van der Waals surface area contributed by atoms with Gasteiger partial charge in [0.25, 0.3) is 0 Å². The van der Waals surface area contributed by atoms with Crippen molar-refractivity contribution >= 4 is 33.2 Å². The minimum Gasteiger partial charge on any atom is -0.485 e. The van der Waals surface area contributed by atoms with Gasteiger partial charge in [0.15, 0.2) is 0 Å². The lowest BCUT2D eigenvalue weighted by Crippen LogP contribution is -2.07. The summed E-state index contributed by atoms with van der Waals surface area (Å²) in [4.78, 5) is 0. The van der Waals surface area contributed by atoms with Gasteiger partial charge in [-0.3, -0.25) is 4.68 Å². The number of aryl methyl sites for hydroxylation is 2. The standard InChI is InChI=1S/C14H17BrClN3O/c1-3-11-14(15)12(19(4-2)18-11)8-20-13-7-9(16)5-6-10(13)17/h5-7H,3-4,8,17H2,1-2H3. The fourth-order valence-corrected chi connectivity index (χ4v) is 2.78. The molecule has 0 spiro atoms. The third-order valence-electron chi connectivity index (χ3n) is 3.03. The summed E-state index contributed by atoms with van der Waals surface area (Å²) in [5.74, 6) is 0.589. The lowest BCUT2D eigenvalue weighted by Gasteiger charge is -2.10. The Labute approximate surface area is 132 Å². The Morgan fingerprint density at radius 1 is 1.40 bits per heavy atom. The van der Waals surface area contributed by atoms with Gasteiger partial charge < -0.3 is 10.5 Å². The summed E-state index contributed by atoms with van der Waals surface area (Å²) < 4.78 is 8.72. The molecule has 1 aromatic carbocycles. The van der Waals surface area contributed by atoms with Gasteiger partial charge in [-0.05, 0) is 41.4 Å². The Morgan fingerprint density at radius 3 is 2.80 bits per heavy atom. The van der Waals surface area contributed by atoms with Crippen molar-refractivity contribution in [2.45, 2.75) is 33.4 Å². The summed E-state index contributed by atoms with van der Waals surface area (Å²) >= 11 is 9.54. The van der Waals surface area contributed by atoms with E-state index in [2.05, 4.69) is 34.9 Å².